The standard InChI is InChI=1S/C17H10F13NO2Se/c18-12(19,14(22,23)16(26,27)28)13(20,21)15(24,25)17(29,30)34-7-3-6-31-10(32)8-4-1-2-5-9(8)11(31)33/h1-2,4-5H,3,6-7H2. The molecule has 17 heteroatoms. The van der Waals surface area contributed by atoms with Crippen LogP contribution in [0.15, 0.2) is 24.3 Å². The van der Waals surface area contributed by atoms with Gasteiger partial charge in [0, 0.05) is 0 Å². The van der Waals surface area contributed by atoms with Gasteiger partial charge in [0.2, 0.25) is 0 Å². The van der Waals surface area contributed by atoms with Gasteiger partial charge in [0.25, 0.3) is 0 Å². The van der Waals surface area contributed by atoms with Crippen molar-refractivity contribution in [3.8, 4) is 0 Å². The van der Waals surface area contributed by atoms with Crippen LogP contribution < -0.4 is 0 Å². The molecule has 0 aromatic heterocycles. The van der Waals surface area contributed by atoms with Gasteiger partial charge in [-0.3, -0.25) is 0 Å². The number of carbonyl (C=O) groups excluding carboxylic acids is 2. The van der Waals surface area contributed by atoms with Gasteiger partial charge in [0.05, 0.1) is 0 Å². The second-order valence-corrected chi connectivity index (χ2v) is 9.36. The average molecular weight is 586 g/mol. The second kappa shape index (κ2) is 8.57. The van der Waals surface area contributed by atoms with Gasteiger partial charge in [-0.25, -0.2) is 0 Å². The molecule has 0 bridgehead atoms. The van der Waals surface area contributed by atoms with Crippen LogP contribution in [-0.4, -0.2) is 72.9 Å². The van der Waals surface area contributed by atoms with Crippen molar-refractivity contribution in [3.05, 3.63) is 35.4 Å². The minimum absolute atomic E-state index is 0.0673. The number of carbonyl (C=O) groups is 2. The van der Waals surface area contributed by atoms with E-state index in [1.165, 1.54) is 24.3 Å². The van der Waals surface area contributed by atoms with Gasteiger partial charge >= 0.3 is 187 Å². The molecular formula is C17H10F13NO2Se. The normalized spacial score (nSPS) is 16.3. The molecule has 0 aliphatic carbocycles. The molecule has 3 nitrogen and oxygen atoms in total. The minimum atomic E-state index is -7.93. The maximum absolute atomic E-state index is 13.8. The van der Waals surface area contributed by atoms with Crippen LogP contribution in [0.1, 0.15) is 27.1 Å². The zero-order chi connectivity index (χ0) is 26.5. The average Bonchev–Trinajstić information content (AvgIpc) is 2.94. The van der Waals surface area contributed by atoms with E-state index in [0.29, 0.717) is 4.90 Å². The first-order valence-corrected chi connectivity index (χ1v) is 10.8. The van der Waals surface area contributed by atoms with Gasteiger partial charge < -0.3 is 0 Å². The molecule has 2 rings (SSSR count). The molecule has 1 heterocycles. The van der Waals surface area contributed by atoms with E-state index in [-0.39, 0.29) is 11.1 Å². The molecule has 34 heavy (non-hydrogen) atoms. The molecule has 0 spiro atoms. The Labute approximate surface area is 187 Å². The van der Waals surface area contributed by atoms with Crippen molar-refractivity contribution < 1.29 is 66.7 Å². The SMILES string of the molecule is O=C1c2ccccc2C(=O)N1CCC[Se]C(F)(F)C(F)(F)C(F)(F)C(F)(F)C(F)(F)C(F)(F)F. The summed E-state index contributed by atoms with van der Waals surface area (Å²) in [6, 6.07) is 5.26. The van der Waals surface area contributed by atoms with Crippen molar-refractivity contribution in [2.75, 3.05) is 6.54 Å². The van der Waals surface area contributed by atoms with Crippen LogP contribution >= 0.6 is 0 Å². The van der Waals surface area contributed by atoms with Crippen molar-refractivity contribution in [2.45, 2.75) is 46.4 Å². The Morgan fingerprint density at radius 2 is 1.06 bits per heavy atom. The number of halogens is 13. The molecular weight excluding hydrogens is 576 g/mol. The first kappa shape index (κ1) is 28.2. The molecule has 0 fully saturated rings. The Morgan fingerprint density at radius 1 is 0.647 bits per heavy atom. The number of rotatable bonds is 9. The number of hydrogen-bond donors (Lipinski definition) is 0. The van der Waals surface area contributed by atoms with Crippen LogP contribution in [0.5, 0.6) is 0 Å². The van der Waals surface area contributed by atoms with Gasteiger partial charge in [-0.2, -0.15) is 0 Å². The quantitative estimate of drug-likeness (QED) is 0.166. The summed E-state index contributed by atoms with van der Waals surface area (Å²) < 4.78 is 170. The van der Waals surface area contributed by atoms with Crippen molar-refractivity contribution in [3.63, 3.8) is 0 Å². The third kappa shape index (κ3) is 4.14. The topological polar surface area (TPSA) is 37.4 Å². The van der Waals surface area contributed by atoms with E-state index in [1.807, 2.05) is 0 Å². The summed E-state index contributed by atoms with van der Waals surface area (Å²) in [7, 11) is 0. The number of alkyl halides is 13. The second-order valence-electron chi connectivity index (χ2n) is 6.82. The zero-order valence-electron chi connectivity index (χ0n) is 16.0. The molecule has 1 aromatic carbocycles. The van der Waals surface area contributed by atoms with E-state index >= 15 is 0 Å². The van der Waals surface area contributed by atoms with Crippen molar-refractivity contribution in [1.82, 2.24) is 4.90 Å². The summed E-state index contributed by atoms with van der Waals surface area (Å²) in [6.07, 6.45) is -8.17. The van der Waals surface area contributed by atoms with Crippen LogP contribution in [0, 0.1) is 0 Å². The third-order valence-electron chi connectivity index (χ3n) is 4.59. The maximum atomic E-state index is 13.8. The molecule has 0 radical (unpaired) electrons. The molecule has 0 atom stereocenters. The monoisotopic (exact) mass is 587 g/mol. The summed E-state index contributed by atoms with van der Waals surface area (Å²) in [4.78, 5) is 18.5. The fourth-order valence-electron chi connectivity index (χ4n) is 2.71. The number of fused-ring (bicyclic) bond motifs is 1. The van der Waals surface area contributed by atoms with E-state index in [1.54, 1.807) is 0 Å². The molecule has 0 saturated heterocycles. The van der Waals surface area contributed by atoms with Crippen molar-refractivity contribution in [1.29, 1.82) is 0 Å². The van der Waals surface area contributed by atoms with E-state index in [2.05, 4.69) is 0 Å². The Kier molecular flexibility index (Phi) is 7.11. The summed E-state index contributed by atoms with van der Waals surface area (Å²) >= 11 is -3.05. The fourth-order valence-corrected chi connectivity index (χ4v) is 4.47. The summed E-state index contributed by atoms with van der Waals surface area (Å²) in [6.45, 7) is -0.672. The van der Waals surface area contributed by atoms with Crippen LogP contribution in [0.3, 0.4) is 0 Å². The molecule has 0 N–H and O–H groups in total. The van der Waals surface area contributed by atoms with Crippen LogP contribution in [0.2, 0.25) is 5.32 Å². The van der Waals surface area contributed by atoms with Crippen molar-refractivity contribution >= 4 is 26.8 Å². The number of hydrogen-bond acceptors (Lipinski definition) is 2. The number of nitrogens with zero attached hydrogens (tertiary/aromatic N) is 1. The third-order valence-corrected chi connectivity index (χ3v) is 6.92. The Bertz CT molecular complexity index is 926. The Hall–Kier alpha value is -2.03. The van der Waals surface area contributed by atoms with Gasteiger partial charge in [-0.15, -0.1) is 0 Å². The number of amides is 2. The molecule has 0 saturated carbocycles. The van der Waals surface area contributed by atoms with Crippen LogP contribution in [0.4, 0.5) is 57.1 Å². The summed E-state index contributed by atoms with van der Waals surface area (Å²) in [5.74, 6) is -32.6. The first-order chi connectivity index (χ1) is 15.1. The van der Waals surface area contributed by atoms with E-state index in [0.717, 1.165) is 0 Å². The molecule has 1 aliphatic heterocycles. The summed E-state index contributed by atoms with van der Waals surface area (Å²) in [5.41, 5.74) is -0.135. The molecule has 2 amide bonds. The van der Waals surface area contributed by atoms with Crippen LogP contribution in [0.25, 0.3) is 0 Å². The summed E-state index contributed by atoms with van der Waals surface area (Å²) in [5, 5.41) is -1.17. The van der Waals surface area contributed by atoms with Gasteiger partial charge in [0.1, 0.15) is 0 Å². The predicted molar refractivity (Wildman–Crippen MR) is 87.8 cm³/mol. The predicted octanol–water partition coefficient (Wildman–Crippen LogP) is 5.49. The fraction of sp³-hybridized carbons (Fsp3) is 0.529. The molecule has 192 valence electrons. The van der Waals surface area contributed by atoms with Gasteiger partial charge in [-0.05, 0) is 0 Å². The van der Waals surface area contributed by atoms with E-state index in [4.69, 9.17) is 0 Å². The number of imide groups is 1. The van der Waals surface area contributed by atoms with Gasteiger partial charge in [-0.1, -0.05) is 0 Å². The van der Waals surface area contributed by atoms with E-state index < -0.39 is 79.7 Å². The van der Waals surface area contributed by atoms with E-state index in [9.17, 15) is 66.7 Å². The number of benzene rings is 1. The zero-order valence-corrected chi connectivity index (χ0v) is 17.7. The van der Waals surface area contributed by atoms with Gasteiger partial charge in [0.15, 0.2) is 0 Å². The Balaban J connectivity index is 2.12. The molecule has 0 unspecified atom stereocenters. The molecule has 1 aromatic rings. The first-order valence-electron chi connectivity index (χ1n) is 8.70. The van der Waals surface area contributed by atoms with Crippen LogP contribution in [-0.2, 0) is 0 Å². The van der Waals surface area contributed by atoms with Crippen molar-refractivity contribution in [2.24, 2.45) is 0 Å². The Morgan fingerprint density at radius 3 is 1.47 bits per heavy atom. The molecule has 1 aliphatic rings.